The molecule has 3 heteroatoms. The first-order valence-electron chi connectivity index (χ1n) is 7.00. The molecule has 0 aromatic heterocycles. The number of allylic oxidation sites excluding steroid dienone is 3. The van der Waals surface area contributed by atoms with E-state index >= 15 is 0 Å². The van der Waals surface area contributed by atoms with Crippen molar-refractivity contribution in [1.29, 1.82) is 0 Å². The molecule has 2 N–H and O–H groups in total. The maximum Gasteiger partial charge on any atom is 0.0976 e. The number of nitrogens with one attached hydrogen (secondary N) is 2. The van der Waals surface area contributed by atoms with Crippen LogP contribution in [-0.4, -0.2) is 32.9 Å². The van der Waals surface area contributed by atoms with Gasteiger partial charge in [-0.05, 0) is 65.7 Å². The highest BCUT2D eigenvalue weighted by Gasteiger charge is 1.95. The molecule has 0 aliphatic heterocycles. The van der Waals surface area contributed by atoms with Gasteiger partial charge in [-0.15, -0.1) is 0 Å². The summed E-state index contributed by atoms with van der Waals surface area (Å²) in [6.45, 7) is 8.77. The fraction of sp³-hybridized carbons (Fsp3) is 0.733. The monoisotopic (exact) mass is 256 g/mol. The number of rotatable bonds is 12. The summed E-state index contributed by atoms with van der Waals surface area (Å²) < 4.78 is 12.5. The van der Waals surface area contributed by atoms with Crippen molar-refractivity contribution in [1.82, 2.24) is 10.6 Å². The van der Waals surface area contributed by atoms with Crippen LogP contribution in [0.1, 0.15) is 39.0 Å². The van der Waals surface area contributed by atoms with Crippen molar-refractivity contribution in [2.75, 3.05) is 26.7 Å². The number of hydrogen-bond acceptors (Lipinski definition) is 2. The Labute approximate surface area is 112 Å². The van der Waals surface area contributed by atoms with Crippen molar-refractivity contribution < 1.29 is 4.39 Å². The average Bonchev–Trinajstić information content (AvgIpc) is 2.33. The lowest BCUT2D eigenvalue weighted by atomic mass is 10.1. The summed E-state index contributed by atoms with van der Waals surface area (Å²) in [4.78, 5) is 0. The fourth-order valence-corrected chi connectivity index (χ4v) is 1.61. The normalized spacial score (nSPS) is 13.1. The highest BCUT2D eigenvalue weighted by molar-refractivity contribution is 5.13. The minimum Gasteiger partial charge on any atom is -0.320 e. The van der Waals surface area contributed by atoms with Crippen LogP contribution in [0.15, 0.2) is 24.3 Å². The van der Waals surface area contributed by atoms with E-state index in [4.69, 9.17) is 0 Å². The highest BCUT2D eigenvalue weighted by atomic mass is 19.1. The summed E-state index contributed by atoms with van der Waals surface area (Å²) in [7, 11) is 1.97. The van der Waals surface area contributed by atoms with Gasteiger partial charge in [-0.3, -0.25) is 0 Å². The molecule has 0 unspecified atom stereocenters. The standard InChI is InChI=1S/C15H29FN2/c1-14(8-4-5-10-15(2)16)9-6-12-18-13-7-11-17-3/h4,8,15,17-18H,1,5-7,9-13H2,2-3H3/b8-4-/t15-/m0/s1. The van der Waals surface area contributed by atoms with Gasteiger partial charge >= 0.3 is 0 Å². The Balaban J connectivity index is 3.31. The Morgan fingerprint density at radius 2 is 2.00 bits per heavy atom. The van der Waals surface area contributed by atoms with E-state index in [1.165, 1.54) is 6.42 Å². The van der Waals surface area contributed by atoms with Crippen LogP contribution in [0.2, 0.25) is 0 Å². The second-order valence-electron chi connectivity index (χ2n) is 4.73. The second-order valence-corrected chi connectivity index (χ2v) is 4.73. The lowest BCUT2D eigenvalue weighted by Crippen LogP contribution is -2.20. The van der Waals surface area contributed by atoms with Gasteiger partial charge < -0.3 is 10.6 Å². The van der Waals surface area contributed by atoms with Crippen LogP contribution in [0.3, 0.4) is 0 Å². The minimum absolute atomic E-state index is 0.608. The van der Waals surface area contributed by atoms with Crippen molar-refractivity contribution in [2.45, 2.75) is 45.2 Å². The van der Waals surface area contributed by atoms with Gasteiger partial charge in [0.05, 0.1) is 6.17 Å². The molecule has 0 aliphatic carbocycles. The van der Waals surface area contributed by atoms with Crippen LogP contribution in [0.4, 0.5) is 4.39 Å². The van der Waals surface area contributed by atoms with Crippen molar-refractivity contribution in [3.63, 3.8) is 0 Å². The Kier molecular flexibility index (Phi) is 12.3. The molecule has 18 heavy (non-hydrogen) atoms. The smallest absolute Gasteiger partial charge is 0.0976 e. The lowest BCUT2D eigenvalue weighted by Gasteiger charge is -2.04. The van der Waals surface area contributed by atoms with Crippen molar-refractivity contribution >= 4 is 0 Å². The zero-order valence-electron chi connectivity index (χ0n) is 12.0. The Morgan fingerprint density at radius 3 is 2.67 bits per heavy atom. The van der Waals surface area contributed by atoms with Crippen molar-refractivity contribution in [2.24, 2.45) is 0 Å². The predicted octanol–water partition coefficient (Wildman–Crippen LogP) is 3.22. The van der Waals surface area contributed by atoms with E-state index in [0.717, 1.165) is 44.5 Å². The fourth-order valence-electron chi connectivity index (χ4n) is 1.61. The average molecular weight is 256 g/mol. The quantitative estimate of drug-likeness (QED) is 0.414. The molecule has 0 aromatic rings. The van der Waals surface area contributed by atoms with Gasteiger partial charge in [-0.2, -0.15) is 0 Å². The third-order valence-electron chi connectivity index (χ3n) is 2.72. The molecule has 0 spiro atoms. The zero-order valence-corrected chi connectivity index (χ0v) is 12.0. The van der Waals surface area contributed by atoms with E-state index in [-0.39, 0.29) is 0 Å². The molecule has 0 aliphatic rings. The number of hydrogen-bond donors (Lipinski definition) is 2. The summed E-state index contributed by atoms with van der Waals surface area (Å²) in [5.74, 6) is 0. The van der Waals surface area contributed by atoms with Gasteiger partial charge in [0.15, 0.2) is 0 Å². The molecule has 2 nitrogen and oxygen atoms in total. The molecule has 0 aromatic carbocycles. The highest BCUT2D eigenvalue weighted by Crippen LogP contribution is 2.06. The molecule has 0 heterocycles. The topological polar surface area (TPSA) is 24.1 Å². The molecular weight excluding hydrogens is 227 g/mol. The van der Waals surface area contributed by atoms with E-state index < -0.39 is 6.17 Å². The number of halogens is 1. The van der Waals surface area contributed by atoms with Gasteiger partial charge in [0.1, 0.15) is 0 Å². The molecule has 106 valence electrons. The molecule has 0 saturated carbocycles. The first-order valence-corrected chi connectivity index (χ1v) is 7.00. The van der Waals surface area contributed by atoms with Crippen molar-refractivity contribution in [3.05, 3.63) is 24.3 Å². The SMILES string of the molecule is C=C(/C=C\CC[C@H](C)F)CCCNCCCNC. The van der Waals surface area contributed by atoms with Crippen LogP contribution < -0.4 is 10.6 Å². The Hall–Kier alpha value is -0.670. The molecule has 1 atom stereocenters. The summed E-state index contributed by atoms with van der Waals surface area (Å²) >= 11 is 0. The second kappa shape index (κ2) is 12.8. The predicted molar refractivity (Wildman–Crippen MR) is 78.7 cm³/mol. The Bertz CT molecular complexity index is 225. The van der Waals surface area contributed by atoms with Crippen LogP contribution in [0.5, 0.6) is 0 Å². The minimum atomic E-state index is -0.704. The van der Waals surface area contributed by atoms with Crippen LogP contribution >= 0.6 is 0 Å². The first-order chi connectivity index (χ1) is 8.66. The third kappa shape index (κ3) is 13.4. The largest absolute Gasteiger partial charge is 0.320 e. The molecular formula is C15H29FN2. The molecule has 0 bridgehead atoms. The molecule has 0 fully saturated rings. The maximum atomic E-state index is 12.5. The Morgan fingerprint density at radius 1 is 1.28 bits per heavy atom. The number of alkyl halides is 1. The van der Waals surface area contributed by atoms with Gasteiger partial charge in [-0.25, -0.2) is 4.39 Å². The molecule has 0 saturated heterocycles. The van der Waals surface area contributed by atoms with Crippen LogP contribution in [0.25, 0.3) is 0 Å². The molecule has 0 radical (unpaired) electrons. The zero-order chi connectivity index (χ0) is 13.6. The van der Waals surface area contributed by atoms with Gasteiger partial charge in [0.2, 0.25) is 0 Å². The van der Waals surface area contributed by atoms with Gasteiger partial charge in [0, 0.05) is 0 Å². The van der Waals surface area contributed by atoms with Crippen LogP contribution in [-0.2, 0) is 0 Å². The van der Waals surface area contributed by atoms with E-state index in [2.05, 4.69) is 17.2 Å². The van der Waals surface area contributed by atoms with Crippen LogP contribution in [0, 0.1) is 0 Å². The summed E-state index contributed by atoms with van der Waals surface area (Å²) in [5.41, 5.74) is 1.14. The summed E-state index contributed by atoms with van der Waals surface area (Å²) in [6.07, 6.45) is 8.06. The van der Waals surface area contributed by atoms with E-state index in [0.29, 0.717) is 6.42 Å². The van der Waals surface area contributed by atoms with E-state index in [1.807, 2.05) is 19.2 Å². The van der Waals surface area contributed by atoms with Gasteiger partial charge in [-0.1, -0.05) is 24.3 Å². The van der Waals surface area contributed by atoms with E-state index in [1.54, 1.807) is 6.92 Å². The van der Waals surface area contributed by atoms with Crippen molar-refractivity contribution in [3.8, 4) is 0 Å². The lowest BCUT2D eigenvalue weighted by molar-refractivity contribution is 0.343. The summed E-state index contributed by atoms with van der Waals surface area (Å²) in [5, 5.41) is 6.53. The third-order valence-corrected chi connectivity index (χ3v) is 2.72. The van der Waals surface area contributed by atoms with E-state index in [9.17, 15) is 4.39 Å². The summed E-state index contributed by atoms with van der Waals surface area (Å²) in [6, 6.07) is 0. The molecule has 0 amide bonds. The van der Waals surface area contributed by atoms with Gasteiger partial charge in [0.25, 0.3) is 0 Å². The maximum absolute atomic E-state index is 12.5. The molecule has 0 rings (SSSR count). The first kappa shape index (κ1) is 17.3.